The van der Waals surface area contributed by atoms with Gasteiger partial charge in [0.1, 0.15) is 5.75 Å². The van der Waals surface area contributed by atoms with Gasteiger partial charge in [-0.05, 0) is 55.4 Å². The summed E-state index contributed by atoms with van der Waals surface area (Å²) < 4.78 is 5.38. The number of aryl methyl sites for hydroxylation is 2. The van der Waals surface area contributed by atoms with Crippen LogP contribution in [0.3, 0.4) is 0 Å². The zero-order valence-corrected chi connectivity index (χ0v) is 9.63. The predicted molar refractivity (Wildman–Crippen MR) is 60.4 cm³/mol. The fraction of sp³-hybridized carbons (Fsp3) is 0.538. The van der Waals surface area contributed by atoms with Crippen LogP contribution in [0.15, 0.2) is 6.07 Å². The molecule has 15 heavy (non-hydrogen) atoms. The van der Waals surface area contributed by atoms with E-state index in [1.807, 2.05) is 6.92 Å². The highest BCUT2D eigenvalue weighted by Gasteiger charge is 2.22. The third-order valence-electron chi connectivity index (χ3n) is 3.30. The molecule has 2 rings (SSSR count). The van der Waals surface area contributed by atoms with E-state index in [2.05, 4.69) is 13.0 Å². The second kappa shape index (κ2) is 3.86. The largest absolute Gasteiger partial charge is 0.496 e. The number of ether oxygens (including phenoxy) is 1. The number of aliphatic hydroxyl groups is 1. The Morgan fingerprint density at radius 1 is 1.40 bits per heavy atom. The molecule has 0 amide bonds. The number of hydrogen-bond acceptors (Lipinski definition) is 2. The Kier molecular flexibility index (Phi) is 2.70. The van der Waals surface area contributed by atoms with Gasteiger partial charge in [-0.25, -0.2) is 0 Å². The lowest BCUT2D eigenvalue weighted by Gasteiger charge is -2.25. The van der Waals surface area contributed by atoms with E-state index in [1.165, 1.54) is 11.1 Å². The van der Waals surface area contributed by atoms with Crippen LogP contribution in [0.1, 0.15) is 41.2 Å². The summed E-state index contributed by atoms with van der Waals surface area (Å²) in [5.74, 6) is 0.926. The van der Waals surface area contributed by atoms with E-state index in [4.69, 9.17) is 4.74 Å². The predicted octanol–water partition coefficient (Wildman–Crippen LogP) is 2.68. The lowest BCUT2D eigenvalue weighted by molar-refractivity contribution is 0.155. The number of methoxy groups -OCH3 is 1. The third-order valence-corrected chi connectivity index (χ3v) is 3.30. The SMILES string of the molecule is COc1c(C)cc2c(c1C)C(O)CCC2. The van der Waals surface area contributed by atoms with Crippen molar-refractivity contribution in [1.29, 1.82) is 0 Å². The molecule has 2 heteroatoms. The number of hydrogen-bond donors (Lipinski definition) is 1. The molecule has 0 aromatic heterocycles. The maximum Gasteiger partial charge on any atom is 0.125 e. The Morgan fingerprint density at radius 2 is 2.13 bits per heavy atom. The Labute approximate surface area is 90.9 Å². The topological polar surface area (TPSA) is 29.5 Å². The Bertz CT molecular complexity index is 383. The van der Waals surface area contributed by atoms with Gasteiger partial charge in [0.25, 0.3) is 0 Å². The first-order chi connectivity index (χ1) is 7.15. The number of benzene rings is 1. The van der Waals surface area contributed by atoms with Gasteiger partial charge in [0.2, 0.25) is 0 Å². The maximum atomic E-state index is 10.00. The molecule has 1 unspecified atom stereocenters. The molecule has 0 spiro atoms. The van der Waals surface area contributed by atoms with Gasteiger partial charge in [0.15, 0.2) is 0 Å². The lowest BCUT2D eigenvalue weighted by atomic mass is 9.85. The van der Waals surface area contributed by atoms with Crippen molar-refractivity contribution in [2.45, 2.75) is 39.2 Å². The highest BCUT2D eigenvalue weighted by atomic mass is 16.5. The van der Waals surface area contributed by atoms with E-state index in [1.54, 1.807) is 7.11 Å². The first kappa shape index (κ1) is 10.5. The van der Waals surface area contributed by atoms with Crippen LogP contribution in [-0.2, 0) is 6.42 Å². The van der Waals surface area contributed by atoms with Crippen LogP contribution in [0, 0.1) is 13.8 Å². The van der Waals surface area contributed by atoms with E-state index >= 15 is 0 Å². The van der Waals surface area contributed by atoms with Crippen LogP contribution >= 0.6 is 0 Å². The average Bonchev–Trinajstić information content (AvgIpc) is 2.17. The van der Waals surface area contributed by atoms with Crippen LogP contribution < -0.4 is 4.74 Å². The summed E-state index contributed by atoms with van der Waals surface area (Å²) in [5.41, 5.74) is 4.68. The summed E-state index contributed by atoms with van der Waals surface area (Å²) in [6.07, 6.45) is 2.74. The monoisotopic (exact) mass is 206 g/mol. The van der Waals surface area contributed by atoms with Gasteiger partial charge in [0.05, 0.1) is 13.2 Å². The van der Waals surface area contributed by atoms with Crippen LogP contribution in [0.5, 0.6) is 5.75 Å². The number of aliphatic hydroxyl groups excluding tert-OH is 1. The van der Waals surface area contributed by atoms with Crippen molar-refractivity contribution < 1.29 is 9.84 Å². The Hall–Kier alpha value is -1.02. The highest BCUT2D eigenvalue weighted by Crippen LogP contribution is 2.38. The third kappa shape index (κ3) is 1.63. The van der Waals surface area contributed by atoms with E-state index in [0.717, 1.165) is 36.1 Å². The molecule has 1 aliphatic rings. The van der Waals surface area contributed by atoms with Gasteiger partial charge in [0, 0.05) is 0 Å². The molecule has 0 saturated carbocycles. The van der Waals surface area contributed by atoms with Crippen molar-refractivity contribution in [2.24, 2.45) is 0 Å². The molecule has 2 nitrogen and oxygen atoms in total. The van der Waals surface area contributed by atoms with Crippen LogP contribution in [0.25, 0.3) is 0 Å². The van der Waals surface area contributed by atoms with E-state index in [9.17, 15) is 5.11 Å². The summed E-state index contributed by atoms with van der Waals surface area (Å²) >= 11 is 0. The van der Waals surface area contributed by atoms with Crippen molar-refractivity contribution in [3.05, 3.63) is 28.3 Å². The smallest absolute Gasteiger partial charge is 0.125 e. The summed E-state index contributed by atoms with van der Waals surface area (Å²) in [6, 6.07) is 2.16. The highest BCUT2D eigenvalue weighted by molar-refractivity contribution is 5.51. The molecule has 0 aliphatic heterocycles. The van der Waals surface area contributed by atoms with Crippen LogP contribution in [0.2, 0.25) is 0 Å². The first-order valence-corrected chi connectivity index (χ1v) is 5.50. The molecule has 1 N–H and O–H groups in total. The minimum absolute atomic E-state index is 0.303. The molecular formula is C13H18O2. The minimum Gasteiger partial charge on any atom is -0.496 e. The fourth-order valence-corrected chi connectivity index (χ4v) is 2.68. The number of fused-ring (bicyclic) bond motifs is 1. The molecule has 1 atom stereocenters. The van der Waals surface area contributed by atoms with E-state index < -0.39 is 0 Å². The molecule has 1 aliphatic carbocycles. The van der Waals surface area contributed by atoms with Crippen LogP contribution in [0.4, 0.5) is 0 Å². The second-order valence-electron chi connectivity index (χ2n) is 4.33. The summed E-state index contributed by atoms with van der Waals surface area (Å²) in [5, 5.41) is 10.00. The molecule has 0 heterocycles. The average molecular weight is 206 g/mol. The Morgan fingerprint density at radius 3 is 2.80 bits per heavy atom. The molecule has 82 valence electrons. The maximum absolute atomic E-state index is 10.00. The van der Waals surface area contributed by atoms with Crippen molar-refractivity contribution in [1.82, 2.24) is 0 Å². The van der Waals surface area contributed by atoms with Gasteiger partial charge < -0.3 is 9.84 Å². The molecule has 1 aromatic rings. The van der Waals surface area contributed by atoms with Crippen molar-refractivity contribution in [2.75, 3.05) is 7.11 Å². The zero-order chi connectivity index (χ0) is 11.0. The molecule has 0 fully saturated rings. The van der Waals surface area contributed by atoms with Gasteiger partial charge in [-0.1, -0.05) is 6.07 Å². The summed E-state index contributed by atoms with van der Waals surface area (Å²) in [4.78, 5) is 0. The Balaban J connectivity index is 2.62. The zero-order valence-electron chi connectivity index (χ0n) is 9.63. The molecule has 1 aromatic carbocycles. The first-order valence-electron chi connectivity index (χ1n) is 5.50. The summed E-state index contributed by atoms with van der Waals surface area (Å²) in [7, 11) is 1.69. The van der Waals surface area contributed by atoms with Crippen molar-refractivity contribution >= 4 is 0 Å². The van der Waals surface area contributed by atoms with Gasteiger partial charge in [-0.15, -0.1) is 0 Å². The van der Waals surface area contributed by atoms with Crippen molar-refractivity contribution in [3.8, 4) is 5.75 Å². The molecular weight excluding hydrogens is 188 g/mol. The second-order valence-corrected chi connectivity index (χ2v) is 4.33. The van der Waals surface area contributed by atoms with Gasteiger partial charge in [-0.3, -0.25) is 0 Å². The molecule has 0 saturated heterocycles. The van der Waals surface area contributed by atoms with Gasteiger partial charge >= 0.3 is 0 Å². The normalized spacial score (nSPS) is 19.9. The molecule has 0 radical (unpaired) electrons. The van der Waals surface area contributed by atoms with E-state index in [0.29, 0.717) is 0 Å². The van der Waals surface area contributed by atoms with Crippen molar-refractivity contribution in [3.63, 3.8) is 0 Å². The standard InChI is InChI=1S/C13H18O2/c1-8-7-10-5-4-6-11(14)12(10)9(2)13(8)15-3/h7,11,14H,4-6H2,1-3H3. The summed E-state index contributed by atoms with van der Waals surface area (Å²) in [6.45, 7) is 4.10. The quantitative estimate of drug-likeness (QED) is 0.765. The molecule has 0 bridgehead atoms. The number of rotatable bonds is 1. The lowest BCUT2D eigenvalue weighted by Crippen LogP contribution is -2.12. The fourth-order valence-electron chi connectivity index (χ4n) is 2.68. The van der Waals surface area contributed by atoms with Gasteiger partial charge in [-0.2, -0.15) is 0 Å². The van der Waals surface area contributed by atoms with E-state index in [-0.39, 0.29) is 6.10 Å². The van der Waals surface area contributed by atoms with Crippen LogP contribution in [-0.4, -0.2) is 12.2 Å². The minimum atomic E-state index is -0.303.